The fourth-order valence-electron chi connectivity index (χ4n) is 12.0. The fourth-order valence-corrected chi connectivity index (χ4v) is 12.0. The highest BCUT2D eigenvalue weighted by atomic mass is 16.5. The molecule has 510 valence electrons. The van der Waals surface area contributed by atoms with Crippen molar-refractivity contribution in [3.05, 3.63) is 60.8 Å². The standard InChI is InChI=1S/C81H151NO5/c1-3-5-7-9-11-13-15-17-19-20-40-43-46-49-53-57-61-65-69-73-79(84)78(77-83)82-80(85)74-70-66-62-58-54-50-47-44-41-38-36-34-32-30-28-26-24-22-21-23-25-27-29-31-33-35-37-39-42-45-48-52-56-60-64-68-72-76-87-81(86)75-71-67-63-59-55-51-18-16-14-12-10-8-6-4-2/h10,12,16,18,21,23,27,29,69,73,78-79,83-84H,3-9,11,13-15,17,19-20,22,24-26,28,30-68,70-72,74-77H2,1-2H3,(H,82,85)/b12-10-,18-16-,23-21-,29-27-,73-69+. The van der Waals surface area contributed by atoms with E-state index in [1.54, 1.807) is 6.08 Å². The van der Waals surface area contributed by atoms with Gasteiger partial charge in [0.2, 0.25) is 5.91 Å². The van der Waals surface area contributed by atoms with E-state index in [-0.39, 0.29) is 18.5 Å². The van der Waals surface area contributed by atoms with Crippen molar-refractivity contribution in [1.29, 1.82) is 0 Å². The zero-order valence-electron chi connectivity index (χ0n) is 58.5. The van der Waals surface area contributed by atoms with Gasteiger partial charge in [0.25, 0.3) is 0 Å². The van der Waals surface area contributed by atoms with Crippen LogP contribution in [0.15, 0.2) is 60.8 Å². The van der Waals surface area contributed by atoms with Crippen LogP contribution in [0.2, 0.25) is 0 Å². The first-order valence-corrected chi connectivity index (χ1v) is 39.1. The SMILES string of the molecule is CCCC/C=C\C/C=C\CCCCCCCC(=O)OCCCCCCCCCCCCCCC/C=C\C/C=C\CCCCCCCCCCCCCCCCCCCC(=O)NC(CO)C(O)/C=C/CCCCCCCCCCCCCCCCCCC. The fraction of sp³-hybridized carbons (Fsp3) is 0.852. The second-order valence-electron chi connectivity index (χ2n) is 26.7. The molecule has 0 aliphatic heterocycles. The van der Waals surface area contributed by atoms with Crippen LogP contribution in [0.5, 0.6) is 0 Å². The first kappa shape index (κ1) is 84.6. The number of unbranched alkanes of at least 4 members (excludes halogenated alkanes) is 54. The van der Waals surface area contributed by atoms with Crippen molar-refractivity contribution < 1.29 is 24.5 Å². The molecule has 0 rings (SSSR count). The minimum absolute atomic E-state index is 0.00391. The van der Waals surface area contributed by atoms with Crippen LogP contribution in [0.3, 0.4) is 0 Å². The Labute approximate surface area is 543 Å². The highest BCUT2D eigenvalue weighted by molar-refractivity contribution is 5.76. The van der Waals surface area contributed by atoms with Crippen LogP contribution >= 0.6 is 0 Å². The summed E-state index contributed by atoms with van der Waals surface area (Å²) in [6, 6.07) is -0.627. The summed E-state index contributed by atoms with van der Waals surface area (Å²) < 4.78 is 5.48. The summed E-state index contributed by atoms with van der Waals surface area (Å²) in [5.41, 5.74) is 0. The molecular formula is C81H151NO5. The Morgan fingerprint density at radius 2 is 0.586 bits per heavy atom. The zero-order valence-corrected chi connectivity index (χ0v) is 58.5. The number of carbonyl (C=O) groups excluding carboxylic acids is 2. The maximum atomic E-state index is 12.5. The van der Waals surface area contributed by atoms with Crippen molar-refractivity contribution in [2.24, 2.45) is 0 Å². The lowest BCUT2D eigenvalue weighted by Crippen LogP contribution is -2.45. The van der Waals surface area contributed by atoms with Gasteiger partial charge in [0.15, 0.2) is 0 Å². The van der Waals surface area contributed by atoms with E-state index in [1.165, 1.54) is 334 Å². The summed E-state index contributed by atoms with van der Waals surface area (Å²) in [6.07, 6.45) is 102. The molecule has 0 aliphatic rings. The van der Waals surface area contributed by atoms with Gasteiger partial charge in [-0.05, 0) is 89.9 Å². The summed E-state index contributed by atoms with van der Waals surface area (Å²) in [6.45, 7) is 4.89. The van der Waals surface area contributed by atoms with Crippen molar-refractivity contribution in [3.8, 4) is 0 Å². The average molecular weight is 1220 g/mol. The molecule has 0 aromatic carbocycles. The summed E-state index contributed by atoms with van der Waals surface area (Å²) in [4.78, 5) is 24.6. The number of esters is 1. The van der Waals surface area contributed by atoms with Crippen LogP contribution in [-0.4, -0.2) is 47.4 Å². The second kappa shape index (κ2) is 76.0. The Kier molecular flexibility index (Phi) is 73.9. The Bertz CT molecular complexity index is 1500. The van der Waals surface area contributed by atoms with Gasteiger partial charge in [-0.25, -0.2) is 0 Å². The molecule has 0 aliphatic carbocycles. The van der Waals surface area contributed by atoms with Crippen molar-refractivity contribution >= 4 is 11.9 Å². The normalized spacial score (nSPS) is 12.8. The maximum absolute atomic E-state index is 12.5. The van der Waals surface area contributed by atoms with Gasteiger partial charge in [0, 0.05) is 12.8 Å². The number of aliphatic hydroxyl groups is 2. The number of amides is 1. The van der Waals surface area contributed by atoms with E-state index in [4.69, 9.17) is 4.74 Å². The van der Waals surface area contributed by atoms with Crippen molar-refractivity contribution in [3.63, 3.8) is 0 Å². The molecule has 2 atom stereocenters. The van der Waals surface area contributed by atoms with Gasteiger partial charge < -0.3 is 20.3 Å². The molecule has 0 bridgehead atoms. The molecule has 0 spiro atoms. The van der Waals surface area contributed by atoms with E-state index in [1.807, 2.05) is 6.08 Å². The Balaban J connectivity index is 3.39. The smallest absolute Gasteiger partial charge is 0.305 e. The number of ether oxygens (including phenoxy) is 1. The molecule has 0 aromatic rings. The maximum Gasteiger partial charge on any atom is 0.305 e. The number of nitrogens with one attached hydrogen (secondary N) is 1. The lowest BCUT2D eigenvalue weighted by atomic mass is 10.0. The monoisotopic (exact) mass is 1220 g/mol. The number of hydrogen-bond donors (Lipinski definition) is 3. The minimum Gasteiger partial charge on any atom is -0.466 e. The van der Waals surface area contributed by atoms with Crippen LogP contribution in [0, 0.1) is 0 Å². The lowest BCUT2D eigenvalue weighted by Gasteiger charge is -2.20. The summed E-state index contributed by atoms with van der Waals surface area (Å²) in [5, 5.41) is 23.3. The largest absolute Gasteiger partial charge is 0.466 e. The van der Waals surface area contributed by atoms with E-state index in [0.29, 0.717) is 19.4 Å². The molecule has 3 N–H and O–H groups in total. The molecule has 87 heavy (non-hydrogen) atoms. The van der Waals surface area contributed by atoms with Crippen LogP contribution in [0.25, 0.3) is 0 Å². The minimum atomic E-state index is -0.844. The van der Waals surface area contributed by atoms with Crippen LogP contribution in [0.1, 0.15) is 418 Å². The van der Waals surface area contributed by atoms with Crippen LogP contribution in [-0.2, 0) is 14.3 Å². The van der Waals surface area contributed by atoms with Gasteiger partial charge in [0.1, 0.15) is 0 Å². The highest BCUT2D eigenvalue weighted by Crippen LogP contribution is 2.19. The Morgan fingerprint density at radius 1 is 0.322 bits per heavy atom. The molecule has 0 heterocycles. The van der Waals surface area contributed by atoms with Gasteiger partial charge in [0.05, 0.1) is 25.4 Å². The molecule has 2 unspecified atom stereocenters. The molecule has 6 nitrogen and oxygen atoms in total. The number of carbonyl (C=O) groups is 2. The predicted molar refractivity (Wildman–Crippen MR) is 384 cm³/mol. The number of aliphatic hydroxyl groups excluding tert-OH is 2. The van der Waals surface area contributed by atoms with Crippen molar-refractivity contribution in [1.82, 2.24) is 5.32 Å². The van der Waals surface area contributed by atoms with E-state index in [0.717, 1.165) is 57.8 Å². The van der Waals surface area contributed by atoms with E-state index < -0.39 is 12.1 Å². The summed E-state index contributed by atoms with van der Waals surface area (Å²) >= 11 is 0. The first-order chi connectivity index (χ1) is 43.0. The van der Waals surface area contributed by atoms with E-state index >= 15 is 0 Å². The topological polar surface area (TPSA) is 95.9 Å². The lowest BCUT2D eigenvalue weighted by molar-refractivity contribution is -0.143. The molecule has 0 saturated carbocycles. The number of hydrogen-bond acceptors (Lipinski definition) is 5. The van der Waals surface area contributed by atoms with Crippen molar-refractivity contribution in [2.75, 3.05) is 13.2 Å². The third kappa shape index (κ3) is 72.5. The van der Waals surface area contributed by atoms with Gasteiger partial charge in [-0.2, -0.15) is 0 Å². The average Bonchev–Trinajstić information content (AvgIpc) is 3.54. The van der Waals surface area contributed by atoms with E-state index in [2.05, 4.69) is 67.8 Å². The quantitative estimate of drug-likeness (QED) is 0.0320. The van der Waals surface area contributed by atoms with Gasteiger partial charge >= 0.3 is 5.97 Å². The van der Waals surface area contributed by atoms with Gasteiger partial charge in [-0.15, -0.1) is 0 Å². The number of allylic oxidation sites excluding steroid dienone is 9. The predicted octanol–water partition coefficient (Wildman–Crippen LogP) is 25.8. The highest BCUT2D eigenvalue weighted by Gasteiger charge is 2.18. The van der Waals surface area contributed by atoms with Crippen LogP contribution < -0.4 is 5.32 Å². The molecule has 0 saturated heterocycles. The molecule has 0 aromatic heterocycles. The third-order valence-electron chi connectivity index (χ3n) is 18.0. The Morgan fingerprint density at radius 3 is 0.908 bits per heavy atom. The molecule has 1 amide bonds. The Hall–Kier alpha value is -2.44. The third-order valence-corrected chi connectivity index (χ3v) is 18.0. The van der Waals surface area contributed by atoms with Gasteiger partial charge in [-0.1, -0.05) is 376 Å². The number of rotatable bonds is 73. The molecular weight excluding hydrogens is 1070 g/mol. The van der Waals surface area contributed by atoms with Gasteiger partial charge in [-0.3, -0.25) is 9.59 Å². The van der Waals surface area contributed by atoms with Crippen LogP contribution in [0.4, 0.5) is 0 Å². The first-order valence-electron chi connectivity index (χ1n) is 39.1. The summed E-state index contributed by atoms with van der Waals surface area (Å²) in [5.74, 6) is -0.0581. The summed E-state index contributed by atoms with van der Waals surface area (Å²) in [7, 11) is 0. The zero-order chi connectivity index (χ0) is 62.8. The second-order valence-corrected chi connectivity index (χ2v) is 26.7. The van der Waals surface area contributed by atoms with E-state index in [9.17, 15) is 19.8 Å². The molecule has 0 fully saturated rings. The molecule has 0 radical (unpaired) electrons. The molecule has 6 heteroatoms. The van der Waals surface area contributed by atoms with Crippen molar-refractivity contribution in [2.45, 2.75) is 431 Å².